The Hall–Kier alpha value is -3.40. The summed E-state index contributed by atoms with van der Waals surface area (Å²) in [6.45, 7) is 0. The molecule has 3 aromatic carbocycles. The van der Waals surface area contributed by atoms with Gasteiger partial charge in [0.2, 0.25) is 0 Å². The smallest absolute Gasteiger partial charge is 0.257 e. The first-order chi connectivity index (χ1) is 11.8. The third-order valence-electron chi connectivity index (χ3n) is 3.89. The molecule has 24 heavy (non-hydrogen) atoms. The molecule has 0 saturated carbocycles. The van der Waals surface area contributed by atoms with Gasteiger partial charge in [0.1, 0.15) is 0 Å². The van der Waals surface area contributed by atoms with Crippen molar-refractivity contribution in [3.05, 3.63) is 90.6 Å². The van der Waals surface area contributed by atoms with Crippen LogP contribution >= 0.6 is 0 Å². The third kappa shape index (κ3) is 2.65. The first-order valence-corrected chi connectivity index (χ1v) is 7.71. The molecule has 116 valence electrons. The zero-order chi connectivity index (χ0) is 16.4. The monoisotopic (exact) mass is 313 g/mol. The summed E-state index contributed by atoms with van der Waals surface area (Å²) < 4.78 is 1.73. The molecule has 0 aliphatic heterocycles. The SMILES string of the molecule is O=C(Nc1ccn(-c2ccccc2)n1)c1cccc2ccccc12. The number of rotatable bonds is 3. The molecule has 0 unspecified atom stereocenters. The lowest BCUT2D eigenvalue weighted by molar-refractivity contribution is 0.102. The highest BCUT2D eigenvalue weighted by atomic mass is 16.1. The van der Waals surface area contributed by atoms with Crippen molar-refractivity contribution in [2.24, 2.45) is 0 Å². The number of nitrogens with one attached hydrogen (secondary N) is 1. The predicted molar refractivity (Wildman–Crippen MR) is 95.5 cm³/mol. The molecular formula is C20H15N3O. The molecule has 0 fully saturated rings. The Kier molecular flexibility index (Phi) is 3.56. The van der Waals surface area contributed by atoms with Crippen LogP contribution in [0.2, 0.25) is 0 Å². The van der Waals surface area contributed by atoms with Gasteiger partial charge in [-0.3, -0.25) is 4.79 Å². The van der Waals surface area contributed by atoms with Crippen LogP contribution in [0.3, 0.4) is 0 Å². The van der Waals surface area contributed by atoms with Gasteiger partial charge in [-0.1, -0.05) is 54.6 Å². The minimum absolute atomic E-state index is 0.162. The Balaban J connectivity index is 1.61. The van der Waals surface area contributed by atoms with Gasteiger partial charge in [-0.15, -0.1) is 0 Å². The van der Waals surface area contributed by atoms with E-state index in [-0.39, 0.29) is 5.91 Å². The molecule has 0 bridgehead atoms. The van der Waals surface area contributed by atoms with Crippen LogP contribution in [0.4, 0.5) is 5.82 Å². The van der Waals surface area contributed by atoms with E-state index in [0.29, 0.717) is 11.4 Å². The summed E-state index contributed by atoms with van der Waals surface area (Å²) in [7, 11) is 0. The highest BCUT2D eigenvalue weighted by molar-refractivity contribution is 6.12. The van der Waals surface area contributed by atoms with E-state index < -0.39 is 0 Å². The zero-order valence-electron chi connectivity index (χ0n) is 12.9. The van der Waals surface area contributed by atoms with Crippen molar-refractivity contribution in [2.75, 3.05) is 5.32 Å². The maximum Gasteiger partial charge on any atom is 0.257 e. The molecule has 4 aromatic rings. The molecule has 0 saturated heterocycles. The Morgan fingerprint density at radius 3 is 2.46 bits per heavy atom. The number of hydrogen-bond acceptors (Lipinski definition) is 2. The van der Waals surface area contributed by atoms with E-state index in [2.05, 4.69) is 10.4 Å². The average molecular weight is 313 g/mol. The summed E-state index contributed by atoms with van der Waals surface area (Å²) in [5.41, 5.74) is 1.59. The van der Waals surface area contributed by atoms with E-state index in [9.17, 15) is 4.79 Å². The minimum atomic E-state index is -0.162. The quantitative estimate of drug-likeness (QED) is 0.614. The van der Waals surface area contributed by atoms with E-state index >= 15 is 0 Å². The van der Waals surface area contributed by atoms with Crippen molar-refractivity contribution >= 4 is 22.5 Å². The fourth-order valence-electron chi connectivity index (χ4n) is 2.72. The Bertz CT molecular complexity index is 1000. The Morgan fingerprint density at radius 1 is 0.833 bits per heavy atom. The molecule has 0 radical (unpaired) electrons. The van der Waals surface area contributed by atoms with Gasteiger partial charge in [0.15, 0.2) is 5.82 Å². The summed E-state index contributed by atoms with van der Waals surface area (Å²) in [6.07, 6.45) is 1.83. The molecule has 1 aromatic heterocycles. The molecule has 0 spiro atoms. The molecule has 0 aliphatic carbocycles. The number of aromatic nitrogens is 2. The standard InChI is InChI=1S/C20H15N3O/c24-20(18-12-6-8-15-7-4-5-11-17(15)18)21-19-13-14-23(22-19)16-9-2-1-3-10-16/h1-14H,(H,21,22,24). The van der Waals surface area contributed by atoms with Gasteiger partial charge in [0.05, 0.1) is 5.69 Å². The second-order valence-electron chi connectivity index (χ2n) is 5.46. The summed E-state index contributed by atoms with van der Waals surface area (Å²) in [4.78, 5) is 12.6. The van der Waals surface area contributed by atoms with Crippen LogP contribution in [0.1, 0.15) is 10.4 Å². The van der Waals surface area contributed by atoms with E-state index in [1.165, 1.54) is 0 Å². The van der Waals surface area contributed by atoms with Crippen LogP contribution in [0.25, 0.3) is 16.5 Å². The van der Waals surface area contributed by atoms with Crippen LogP contribution in [0, 0.1) is 0 Å². The fraction of sp³-hybridized carbons (Fsp3) is 0. The second-order valence-corrected chi connectivity index (χ2v) is 5.46. The van der Waals surface area contributed by atoms with Crippen molar-refractivity contribution in [2.45, 2.75) is 0 Å². The maximum absolute atomic E-state index is 12.6. The minimum Gasteiger partial charge on any atom is -0.305 e. The van der Waals surface area contributed by atoms with Crippen molar-refractivity contribution in [1.29, 1.82) is 0 Å². The second kappa shape index (κ2) is 6.01. The lowest BCUT2D eigenvalue weighted by atomic mass is 10.0. The van der Waals surface area contributed by atoms with Crippen molar-refractivity contribution < 1.29 is 4.79 Å². The van der Waals surface area contributed by atoms with Gasteiger partial charge in [0.25, 0.3) is 5.91 Å². The van der Waals surface area contributed by atoms with Gasteiger partial charge in [0, 0.05) is 17.8 Å². The highest BCUT2D eigenvalue weighted by Crippen LogP contribution is 2.19. The first kappa shape index (κ1) is 14.2. The van der Waals surface area contributed by atoms with Crippen LogP contribution in [0.15, 0.2) is 85.1 Å². The molecule has 1 heterocycles. The molecule has 1 amide bonds. The van der Waals surface area contributed by atoms with Gasteiger partial charge < -0.3 is 5.32 Å². The van der Waals surface area contributed by atoms with Crippen molar-refractivity contribution in [3.8, 4) is 5.69 Å². The lowest BCUT2D eigenvalue weighted by Gasteiger charge is -2.06. The number of anilines is 1. The summed E-state index contributed by atoms with van der Waals surface area (Å²) in [5.74, 6) is 0.363. The highest BCUT2D eigenvalue weighted by Gasteiger charge is 2.11. The van der Waals surface area contributed by atoms with Crippen molar-refractivity contribution in [3.63, 3.8) is 0 Å². The number of hydrogen-bond donors (Lipinski definition) is 1. The number of carbonyl (C=O) groups is 1. The van der Waals surface area contributed by atoms with E-state index in [1.54, 1.807) is 10.7 Å². The molecule has 1 N–H and O–H groups in total. The fourth-order valence-corrected chi connectivity index (χ4v) is 2.72. The number of fused-ring (bicyclic) bond motifs is 1. The van der Waals surface area contributed by atoms with Gasteiger partial charge in [-0.05, 0) is 29.0 Å². The summed E-state index contributed by atoms with van der Waals surface area (Å²) in [5, 5.41) is 9.25. The normalized spacial score (nSPS) is 10.7. The number of para-hydroxylation sites is 1. The summed E-state index contributed by atoms with van der Waals surface area (Å²) in [6, 6.07) is 25.1. The topological polar surface area (TPSA) is 46.9 Å². The van der Waals surface area contributed by atoms with Gasteiger partial charge in [-0.2, -0.15) is 5.10 Å². The van der Waals surface area contributed by atoms with Crippen LogP contribution in [-0.4, -0.2) is 15.7 Å². The van der Waals surface area contributed by atoms with Crippen molar-refractivity contribution in [1.82, 2.24) is 9.78 Å². The van der Waals surface area contributed by atoms with E-state index in [4.69, 9.17) is 0 Å². The van der Waals surface area contributed by atoms with E-state index in [1.807, 2.05) is 79.0 Å². The number of nitrogens with zero attached hydrogens (tertiary/aromatic N) is 2. The molecule has 4 heteroatoms. The van der Waals surface area contributed by atoms with Gasteiger partial charge >= 0.3 is 0 Å². The van der Waals surface area contributed by atoms with Crippen LogP contribution < -0.4 is 5.32 Å². The first-order valence-electron chi connectivity index (χ1n) is 7.71. The van der Waals surface area contributed by atoms with Crippen LogP contribution in [-0.2, 0) is 0 Å². The Morgan fingerprint density at radius 2 is 1.58 bits per heavy atom. The average Bonchev–Trinajstić information content (AvgIpc) is 3.10. The van der Waals surface area contributed by atoms with Gasteiger partial charge in [-0.25, -0.2) is 4.68 Å². The van der Waals surface area contributed by atoms with E-state index in [0.717, 1.165) is 16.5 Å². The molecule has 0 atom stereocenters. The number of carbonyl (C=O) groups excluding carboxylic acids is 1. The largest absolute Gasteiger partial charge is 0.305 e. The molecule has 0 aliphatic rings. The zero-order valence-corrected chi connectivity index (χ0v) is 12.9. The molecule has 4 rings (SSSR count). The number of benzene rings is 3. The molecule has 4 nitrogen and oxygen atoms in total. The Labute approximate surface area is 139 Å². The number of amides is 1. The third-order valence-corrected chi connectivity index (χ3v) is 3.89. The predicted octanol–water partition coefficient (Wildman–Crippen LogP) is 4.28. The van der Waals surface area contributed by atoms with Crippen LogP contribution in [0.5, 0.6) is 0 Å². The maximum atomic E-state index is 12.6. The molecular weight excluding hydrogens is 298 g/mol. The lowest BCUT2D eigenvalue weighted by Crippen LogP contribution is -2.13. The summed E-state index contributed by atoms with van der Waals surface area (Å²) >= 11 is 0.